The van der Waals surface area contributed by atoms with Gasteiger partial charge in [0.15, 0.2) is 0 Å². The first-order valence-corrected chi connectivity index (χ1v) is 13.8. The highest BCUT2D eigenvalue weighted by Gasteiger charge is 2.44. The van der Waals surface area contributed by atoms with Crippen LogP contribution in [0.2, 0.25) is 0 Å². The van der Waals surface area contributed by atoms with Crippen LogP contribution in [0.4, 0.5) is 0 Å². The molecule has 0 aliphatic carbocycles. The molecule has 5 rings (SSSR count). The first-order valence-electron chi connectivity index (χ1n) is 12.4. The van der Waals surface area contributed by atoms with Crippen LogP contribution in [0.25, 0.3) is 10.8 Å². The Morgan fingerprint density at radius 1 is 1.08 bits per heavy atom. The lowest BCUT2D eigenvalue weighted by atomic mass is 9.80. The zero-order valence-electron chi connectivity index (χ0n) is 21.9. The summed E-state index contributed by atoms with van der Waals surface area (Å²) in [6.45, 7) is 10.2. The van der Waals surface area contributed by atoms with Crippen LogP contribution in [0.5, 0.6) is 0 Å². The van der Waals surface area contributed by atoms with Crippen molar-refractivity contribution in [1.82, 2.24) is 9.97 Å². The monoisotopic (exact) mass is 522 g/mol. The van der Waals surface area contributed by atoms with E-state index in [2.05, 4.69) is 47.2 Å². The fraction of sp³-hybridized carbons (Fsp3) is 0.345. The number of nitrogens with one attached hydrogen (secondary N) is 1. The average molecular weight is 523 g/mol. The number of benzene rings is 3. The molecule has 3 atom stereocenters. The van der Waals surface area contributed by atoms with Crippen LogP contribution in [-0.4, -0.2) is 26.6 Å². The molecule has 1 aliphatic rings. The minimum Gasteiger partial charge on any atom is -0.379 e. The summed E-state index contributed by atoms with van der Waals surface area (Å²) in [6, 6.07) is 21.9. The van der Waals surface area contributed by atoms with Gasteiger partial charge >= 0.3 is 7.82 Å². The van der Waals surface area contributed by atoms with Crippen molar-refractivity contribution in [2.45, 2.75) is 46.3 Å². The van der Waals surface area contributed by atoms with E-state index >= 15 is 0 Å². The van der Waals surface area contributed by atoms with E-state index in [0.717, 1.165) is 22.2 Å². The van der Waals surface area contributed by atoms with Gasteiger partial charge in [0.05, 0.1) is 24.8 Å². The molecule has 1 fully saturated rings. The Hall–Kier alpha value is -2.80. The van der Waals surface area contributed by atoms with Crippen molar-refractivity contribution < 1.29 is 23.6 Å². The van der Waals surface area contributed by atoms with Crippen LogP contribution >= 0.6 is 7.82 Å². The molecule has 3 aromatic carbocycles. The number of H-pyrrole nitrogens is 1. The number of hydrogen-bond donors (Lipinski definition) is 3. The van der Waals surface area contributed by atoms with E-state index in [-0.39, 0.29) is 17.9 Å². The van der Waals surface area contributed by atoms with Crippen molar-refractivity contribution in [1.29, 1.82) is 0 Å². The van der Waals surface area contributed by atoms with E-state index in [9.17, 15) is 14.6 Å². The Bertz CT molecular complexity index is 1390. The van der Waals surface area contributed by atoms with Gasteiger partial charge in [-0.2, -0.15) is 0 Å². The number of phosphoric ester groups is 1. The molecule has 1 aliphatic heterocycles. The van der Waals surface area contributed by atoms with Gasteiger partial charge in [-0.25, -0.2) is 9.55 Å². The molecule has 4 aromatic rings. The molecular formula is C29H35N2O5P. The zero-order chi connectivity index (χ0) is 26.8. The predicted octanol–water partition coefficient (Wildman–Crippen LogP) is 6.66. The minimum absolute atomic E-state index is 0.0286. The fourth-order valence-electron chi connectivity index (χ4n) is 4.64. The number of phosphoric acid groups is 1. The molecule has 196 valence electrons. The Kier molecular flexibility index (Phi) is 7.75. The second kappa shape index (κ2) is 10.5. The highest BCUT2D eigenvalue weighted by Crippen LogP contribution is 2.58. The van der Waals surface area contributed by atoms with Gasteiger partial charge in [0.25, 0.3) is 0 Å². The van der Waals surface area contributed by atoms with Crippen molar-refractivity contribution in [3.05, 3.63) is 102 Å². The molecule has 1 aromatic heterocycles. The van der Waals surface area contributed by atoms with Crippen molar-refractivity contribution in [3.8, 4) is 0 Å². The molecule has 37 heavy (non-hydrogen) atoms. The van der Waals surface area contributed by atoms with Crippen molar-refractivity contribution in [2.24, 2.45) is 11.3 Å². The Labute approximate surface area is 218 Å². The second-order valence-electron chi connectivity index (χ2n) is 10.6. The fourth-order valence-corrected chi connectivity index (χ4v) is 5.87. The summed E-state index contributed by atoms with van der Waals surface area (Å²) in [5, 5.41) is 13.6. The molecule has 1 saturated heterocycles. The predicted molar refractivity (Wildman–Crippen MR) is 145 cm³/mol. The number of hydrogen-bond acceptors (Lipinski definition) is 5. The van der Waals surface area contributed by atoms with Gasteiger partial charge in [-0.15, -0.1) is 0 Å². The van der Waals surface area contributed by atoms with Crippen LogP contribution < -0.4 is 0 Å². The molecule has 8 heteroatoms. The molecule has 2 heterocycles. The molecular weight excluding hydrogens is 487 g/mol. The Balaban J connectivity index is 0.000000180. The number of nitrogens with zero attached hydrogens (tertiary/aromatic N) is 1. The molecule has 1 unspecified atom stereocenters. The lowest BCUT2D eigenvalue weighted by Crippen LogP contribution is -2.33. The quantitative estimate of drug-likeness (QED) is 0.259. The highest BCUT2D eigenvalue weighted by molar-refractivity contribution is 7.47. The largest absolute Gasteiger partial charge is 0.472 e. The van der Waals surface area contributed by atoms with Crippen molar-refractivity contribution >= 4 is 18.6 Å². The van der Waals surface area contributed by atoms with Crippen molar-refractivity contribution in [3.63, 3.8) is 0 Å². The summed E-state index contributed by atoms with van der Waals surface area (Å²) in [7, 11) is -3.89. The lowest BCUT2D eigenvalue weighted by Gasteiger charge is -2.39. The van der Waals surface area contributed by atoms with Crippen molar-refractivity contribution in [2.75, 3.05) is 6.61 Å². The van der Waals surface area contributed by atoms with E-state index < -0.39 is 19.5 Å². The van der Waals surface area contributed by atoms with Crippen LogP contribution in [0, 0.1) is 18.3 Å². The van der Waals surface area contributed by atoms with E-state index in [4.69, 9.17) is 9.05 Å². The van der Waals surface area contributed by atoms with E-state index in [1.54, 1.807) is 12.5 Å². The first kappa shape index (κ1) is 27.2. The Morgan fingerprint density at radius 3 is 2.41 bits per heavy atom. The molecule has 0 radical (unpaired) electrons. The van der Waals surface area contributed by atoms with E-state index in [0.29, 0.717) is 0 Å². The lowest BCUT2D eigenvalue weighted by molar-refractivity contribution is -0.0472. The molecule has 3 N–H and O–H groups in total. The van der Waals surface area contributed by atoms with Crippen LogP contribution in [0.3, 0.4) is 0 Å². The molecule has 7 nitrogen and oxygen atoms in total. The van der Waals surface area contributed by atoms with Gasteiger partial charge in [0.1, 0.15) is 11.7 Å². The number of aliphatic hydroxyl groups is 1. The summed E-state index contributed by atoms with van der Waals surface area (Å²) < 4.78 is 21.4. The topological polar surface area (TPSA) is 105 Å². The van der Waals surface area contributed by atoms with Gasteiger partial charge in [-0.3, -0.25) is 9.05 Å². The van der Waals surface area contributed by atoms with Gasteiger partial charge in [-0.1, -0.05) is 93.9 Å². The van der Waals surface area contributed by atoms with Crippen LogP contribution in [-0.2, 0) is 19.2 Å². The summed E-state index contributed by atoms with van der Waals surface area (Å²) >= 11 is 0. The maximum absolute atomic E-state index is 11.4. The zero-order valence-corrected chi connectivity index (χ0v) is 22.8. The van der Waals surface area contributed by atoms with E-state index in [1.165, 1.54) is 10.9 Å². The maximum atomic E-state index is 11.4. The van der Waals surface area contributed by atoms with Crippen LogP contribution in [0.1, 0.15) is 56.2 Å². The summed E-state index contributed by atoms with van der Waals surface area (Å²) in [4.78, 5) is 16.5. The highest BCUT2D eigenvalue weighted by atomic mass is 31.2. The molecule has 0 saturated carbocycles. The summed E-state index contributed by atoms with van der Waals surface area (Å²) in [5.41, 5.74) is 2.36. The SMILES string of the molecule is CC1(C)COP(=O)(O)O[C@@H]1c1ccccc1.Cc1ccc2cc([C@](O)(c3cnc[nH]3)C(C)C)ccc2c1. The second-order valence-corrected chi connectivity index (χ2v) is 12.0. The van der Waals surface area contributed by atoms with Gasteiger partial charge in [-0.05, 0) is 40.8 Å². The number of rotatable bonds is 4. The molecule has 0 amide bonds. The molecule has 0 spiro atoms. The van der Waals surface area contributed by atoms with E-state index in [1.807, 2.05) is 64.1 Å². The molecule has 0 bridgehead atoms. The smallest absolute Gasteiger partial charge is 0.379 e. The van der Waals surface area contributed by atoms with Gasteiger partial charge in [0, 0.05) is 5.41 Å². The third kappa shape index (κ3) is 5.87. The van der Waals surface area contributed by atoms with Gasteiger partial charge in [0.2, 0.25) is 0 Å². The number of aromatic amines is 1. The number of aryl methyl sites for hydroxylation is 1. The normalized spacial score (nSPS) is 22.8. The minimum atomic E-state index is -3.89. The summed E-state index contributed by atoms with van der Waals surface area (Å²) in [5.74, 6) is 0.0286. The Morgan fingerprint density at radius 2 is 1.76 bits per heavy atom. The maximum Gasteiger partial charge on any atom is 0.472 e. The average Bonchev–Trinajstić information content (AvgIpc) is 3.41. The third-order valence-electron chi connectivity index (χ3n) is 6.83. The van der Waals surface area contributed by atoms with Crippen LogP contribution in [0.15, 0.2) is 79.3 Å². The number of fused-ring (bicyclic) bond motifs is 1. The van der Waals surface area contributed by atoms with Gasteiger partial charge < -0.3 is 15.0 Å². The summed E-state index contributed by atoms with van der Waals surface area (Å²) in [6.07, 6.45) is 2.88. The number of aromatic nitrogens is 2. The third-order valence-corrected chi connectivity index (χ3v) is 7.76. The standard InChI is InChI=1S/C18H20N2O.C11H15O4P/c1-12(2)18(21,17-10-19-11-20-17)16-7-6-14-8-13(3)4-5-15(14)9-16;1-11(2)8-14-16(12,13)15-10(11)9-6-4-3-5-7-9/h4-12,21H,1-3H3,(H,19,20);3-7,10H,8H2,1-2H3,(H,12,13)/t18-;10-/m01/s1. The number of imidazole rings is 1. The first-order chi connectivity index (χ1) is 17.4.